The molecule has 1 saturated carbocycles. The van der Waals surface area contributed by atoms with Gasteiger partial charge in [0, 0.05) is 15.9 Å². The predicted octanol–water partition coefficient (Wildman–Crippen LogP) is 4.71. The molecule has 0 radical (unpaired) electrons. The van der Waals surface area contributed by atoms with Crippen molar-refractivity contribution in [1.82, 2.24) is 0 Å². The van der Waals surface area contributed by atoms with Gasteiger partial charge in [-0.15, -0.1) is 0 Å². The first-order chi connectivity index (χ1) is 9.23. The molecule has 1 fully saturated rings. The van der Waals surface area contributed by atoms with Gasteiger partial charge in [0.05, 0.1) is 5.54 Å². The lowest BCUT2D eigenvalue weighted by Gasteiger charge is -2.34. The van der Waals surface area contributed by atoms with Gasteiger partial charge in [-0.25, -0.2) is 4.99 Å². The van der Waals surface area contributed by atoms with Crippen molar-refractivity contribution in [3.63, 3.8) is 0 Å². The number of hydrogen-bond donors (Lipinski definition) is 0. The van der Waals surface area contributed by atoms with E-state index in [1.165, 1.54) is 37.7 Å². The van der Waals surface area contributed by atoms with E-state index in [1.54, 1.807) is 0 Å². The van der Waals surface area contributed by atoms with Gasteiger partial charge in [-0.1, -0.05) is 60.1 Å². The molecule has 1 aliphatic carbocycles. The van der Waals surface area contributed by atoms with Gasteiger partial charge in [0.1, 0.15) is 5.75 Å². The van der Waals surface area contributed by atoms with Gasteiger partial charge in [0.15, 0.2) is 5.90 Å². The van der Waals surface area contributed by atoms with Gasteiger partial charge in [0.25, 0.3) is 0 Å². The molecule has 2 aliphatic rings. The van der Waals surface area contributed by atoms with Crippen LogP contribution in [0.3, 0.4) is 0 Å². The Kier molecular flexibility index (Phi) is 3.83. The van der Waals surface area contributed by atoms with Crippen LogP contribution in [0.2, 0.25) is 0 Å². The zero-order chi connectivity index (χ0) is 13.3. The molecule has 0 N–H and O–H groups in total. The summed E-state index contributed by atoms with van der Waals surface area (Å²) in [7, 11) is 0. The SMILES string of the molecule is CC1(CI)N=C(C2CCCCC2)Oc2ccccc21. The summed E-state index contributed by atoms with van der Waals surface area (Å²) >= 11 is 2.44. The molecule has 3 rings (SSSR count). The molecule has 0 amide bonds. The van der Waals surface area contributed by atoms with E-state index in [2.05, 4.69) is 53.8 Å². The number of benzene rings is 1. The Labute approximate surface area is 128 Å². The number of hydrogen-bond acceptors (Lipinski definition) is 2. The molecule has 1 aromatic rings. The molecule has 2 nitrogen and oxygen atoms in total. The average molecular weight is 369 g/mol. The molecule has 1 heterocycles. The molecule has 0 aromatic heterocycles. The number of aliphatic imine (C=N–C) groups is 1. The van der Waals surface area contributed by atoms with Crippen molar-refractivity contribution < 1.29 is 4.74 Å². The highest BCUT2D eigenvalue weighted by Gasteiger charge is 2.35. The maximum absolute atomic E-state index is 6.12. The van der Waals surface area contributed by atoms with Crippen molar-refractivity contribution in [2.75, 3.05) is 4.43 Å². The van der Waals surface area contributed by atoms with E-state index >= 15 is 0 Å². The maximum Gasteiger partial charge on any atom is 0.194 e. The predicted molar refractivity (Wildman–Crippen MR) is 87.3 cm³/mol. The third-order valence-electron chi connectivity index (χ3n) is 4.25. The molecular formula is C16H20INO. The standard InChI is InChI=1S/C16H20INO/c1-16(11-17)13-9-5-6-10-14(13)19-15(18-16)12-7-3-2-4-8-12/h5-6,9-10,12H,2-4,7-8,11H2,1H3. The van der Waals surface area contributed by atoms with Gasteiger partial charge in [-0.2, -0.15) is 0 Å². The normalized spacial score (nSPS) is 27.4. The van der Waals surface area contributed by atoms with Gasteiger partial charge in [0.2, 0.25) is 0 Å². The van der Waals surface area contributed by atoms with Crippen LogP contribution in [0.5, 0.6) is 5.75 Å². The second-order valence-electron chi connectivity index (χ2n) is 5.79. The second-order valence-corrected chi connectivity index (χ2v) is 6.55. The Balaban J connectivity index is 1.96. The highest BCUT2D eigenvalue weighted by molar-refractivity contribution is 14.1. The lowest BCUT2D eigenvalue weighted by Crippen LogP contribution is -2.34. The van der Waals surface area contributed by atoms with Crippen molar-refractivity contribution >= 4 is 28.5 Å². The molecule has 0 saturated heterocycles. The third-order valence-corrected chi connectivity index (χ3v) is 5.74. The van der Waals surface area contributed by atoms with E-state index in [9.17, 15) is 0 Å². The fourth-order valence-corrected chi connectivity index (χ4v) is 3.65. The van der Waals surface area contributed by atoms with Crippen LogP contribution in [-0.4, -0.2) is 10.3 Å². The quantitative estimate of drug-likeness (QED) is 0.547. The molecule has 1 unspecified atom stereocenters. The molecular weight excluding hydrogens is 349 g/mol. The minimum atomic E-state index is -0.123. The highest BCUT2D eigenvalue weighted by Crippen LogP contribution is 2.40. The van der Waals surface area contributed by atoms with Crippen LogP contribution < -0.4 is 4.74 Å². The van der Waals surface area contributed by atoms with Gasteiger partial charge < -0.3 is 4.74 Å². The first-order valence-corrected chi connectivity index (χ1v) is 8.68. The lowest BCUT2D eigenvalue weighted by molar-refractivity contribution is 0.358. The fourth-order valence-electron chi connectivity index (χ4n) is 3.07. The minimum Gasteiger partial charge on any atom is -0.443 e. The Morgan fingerprint density at radius 1 is 1.26 bits per heavy atom. The Hall–Kier alpha value is -0.580. The molecule has 3 heteroatoms. The number of nitrogens with zero attached hydrogens (tertiary/aromatic N) is 1. The third kappa shape index (κ3) is 2.54. The van der Waals surface area contributed by atoms with E-state index in [-0.39, 0.29) is 5.54 Å². The van der Waals surface area contributed by atoms with Crippen molar-refractivity contribution in [3.8, 4) is 5.75 Å². The summed E-state index contributed by atoms with van der Waals surface area (Å²) in [5.41, 5.74) is 1.10. The van der Waals surface area contributed by atoms with Crippen LogP contribution in [0.15, 0.2) is 29.3 Å². The summed E-state index contributed by atoms with van der Waals surface area (Å²) in [6.07, 6.45) is 6.46. The van der Waals surface area contributed by atoms with Crippen LogP contribution >= 0.6 is 22.6 Å². The van der Waals surface area contributed by atoms with Crippen molar-refractivity contribution in [2.45, 2.75) is 44.6 Å². The summed E-state index contributed by atoms with van der Waals surface area (Å²) in [5.74, 6) is 2.53. The van der Waals surface area contributed by atoms with Crippen LogP contribution in [0.25, 0.3) is 0 Å². The van der Waals surface area contributed by atoms with Crippen LogP contribution in [0, 0.1) is 5.92 Å². The van der Waals surface area contributed by atoms with Crippen molar-refractivity contribution in [1.29, 1.82) is 0 Å². The number of halogens is 1. The van der Waals surface area contributed by atoms with Crippen LogP contribution in [0.4, 0.5) is 0 Å². The van der Waals surface area contributed by atoms with Crippen LogP contribution in [-0.2, 0) is 5.54 Å². The minimum absolute atomic E-state index is 0.123. The molecule has 1 aromatic carbocycles. The first kappa shape index (κ1) is 13.4. The molecule has 1 aliphatic heterocycles. The monoisotopic (exact) mass is 369 g/mol. The summed E-state index contributed by atoms with van der Waals surface area (Å²) in [6, 6.07) is 8.36. The Morgan fingerprint density at radius 2 is 2.00 bits per heavy atom. The van der Waals surface area contributed by atoms with E-state index in [0.717, 1.165) is 16.1 Å². The van der Waals surface area contributed by atoms with E-state index < -0.39 is 0 Å². The Morgan fingerprint density at radius 3 is 2.74 bits per heavy atom. The molecule has 19 heavy (non-hydrogen) atoms. The zero-order valence-electron chi connectivity index (χ0n) is 11.4. The zero-order valence-corrected chi connectivity index (χ0v) is 13.5. The summed E-state index contributed by atoms with van der Waals surface area (Å²) in [6.45, 7) is 2.23. The number of fused-ring (bicyclic) bond motifs is 1. The molecule has 0 bridgehead atoms. The largest absolute Gasteiger partial charge is 0.443 e. The van der Waals surface area contributed by atoms with Gasteiger partial charge in [-0.3, -0.25) is 0 Å². The molecule has 1 atom stereocenters. The first-order valence-electron chi connectivity index (χ1n) is 7.16. The summed E-state index contributed by atoms with van der Waals surface area (Å²) in [4.78, 5) is 4.98. The smallest absolute Gasteiger partial charge is 0.194 e. The van der Waals surface area contributed by atoms with Gasteiger partial charge >= 0.3 is 0 Å². The highest BCUT2D eigenvalue weighted by atomic mass is 127. The van der Waals surface area contributed by atoms with E-state index in [1.807, 2.05) is 0 Å². The number of ether oxygens (including phenoxy) is 1. The van der Waals surface area contributed by atoms with Gasteiger partial charge in [-0.05, 0) is 25.8 Å². The van der Waals surface area contributed by atoms with Crippen molar-refractivity contribution in [3.05, 3.63) is 29.8 Å². The van der Waals surface area contributed by atoms with Crippen molar-refractivity contribution in [2.24, 2.45) is 10.9 Å². The molecule has 102 valence electrons. The lowest BCUT2D eigenvalue weighted by atomic mass is 9.87. The summed E-state index contributed by atoms with van der Waals surface area (Å²) < 4.78 is 7.10. The fraction of sp³-hybridized carbons (Fsp3) is 0.562. The number of alkyl halides is 1. The van der Waals surface area contributed by atoms with E-state index in [4.69, 9.17) is 9.73 Å². The number of rotatable bonds is 2. The maximum atomic E-state index is 6.12. The van der Waals surface area contributed by atoms with Crippen LogP contribution in [0.1, 0.15) is 44.6 Å². The topological polar surface area (TPSA) is 21.6 Å². The van der Waals surface area contributed by atoms with E-state index in [0.29, 0.717) is 5.92 Å². The summed E-state index contributed by atoms with van der Waals surface area (Å²) in [5, 5.41) is 0. The number of para-hydroxylation sites is 1. The molecule has 0 spiro atoms. The Bertz CT molecular complexity index is 493. The second kappa shape index (κ2) is 5.43. The average Bonchev–Trinajstić information content (AvgIpc) is 2.48.